The molecule has 0 N–H and O–H groups in total. The van der Waals surface area contributed by atoms with Crippen molar-refractivity contribution in [3.63, 3.8) is 0 Å². The lowest BCUT2D eigenvalue weighted by atomic mass is 10.0. The summed E-state index contributed by atoms with van der Waals surface area (Å²) in [5.41, 5.74) is 5.41. The quantitative estimate of drug-likeness (QED) is 0.517. The molecule has 1 aromatic carbocycles. The monoisotopic (exact) mass is 305 g/mol. The molecule has 3 nitrogen and oxygen atoms in total. The van der Waals surface area contributed by atoms with Crippen LogP contribution in [0.5, 0.6) is 0 Å². The molecule has 0 radical (unpaired) electrons. The maximum atomic E-state index is 13.8. The minimum Gasteiger partial charge on any atom is -0.343 e. The molecule has 0 aliphatic heterocycles. The fourth-order valence-electron chi connectivity index (χ4n) is 3.04. The molecule has 0 fully saturated rings. The number of aryl methyl sites for hydroxylation is 3. The first kappa shape index (κ1) is 13.9. The van der Waals surface area contributed by atoms with Crippen molar-refractivity contribution >= 4 is 21.8 Å². The molecule has 0 aliphatic carbocycles. The lowest BCUT2D eigenvalue weighted by Crippen LogP contribution is -1.90. The van der Waals surface area contributed by atoms with Crippen LogP contribution in [-0.2, 0) is 7.05 Å². The highest BCUT2D eigenvalue weighted by molar-refractivity contribution is 6.08. The maximum absolute atomic E-state index is 13.8. The smallest absolute Gasteiger partial charge is 0.145 e. The third kappa shape index (κ3) is 2.10. The predicted octanol–water partition coefficient (Wildman–Crippen LogP) is 4.54. The Morgan fingerprint density at radius 3 is 2.43 bits per heavy atom. The predicted molar refractivity (Wildman–Crippen MR) is 90.9 cm³/mol. The molecular formula is C19H16FN3. The van der Waals surface area contributed by atoms with Crippen LogP contribution in [0.2, 0.25) is 0 Å². The fourth-order valence-corrected chi connectivity index (χ4v) is 3.04. The summed E-state index contributed by atoms with van der Waals surface area (Å²) in [5, 5.41) is 2.28. The Labute approximate surface area is 133 Å². The van der Waals surface area contributed by atoms with Crippen molar-refractivity contribution < 1.29 is 4.39 Å². The second kappa shape index (κ2) is 4.88. The van der Waals surface area contributed by atoms with E-state index in [0.29, 0.717) is 5.69 Å². The number of fused-ring (bicyclic) bond motifs is 3. The molecule has 23 heavy (non-hydrogen) atoms. The molecule has 3 aromatic heterocycles. The van der Waals surface area contributed by atoms with Crippen molar-refractivity contribution in [1.82, 2.24) is 14.5 Å². The van der Waals surface area contributed by atoms with Gasteiger partial charge in [0.25, 0.3) is 0 Å². The molecule has 4 aromatic rings. The average Bonchev–Trinajstić information content (AvgIpc) is 2.82. The molecule has 0 spiro atoms. The largest absolute Gasteiger partial charge is 0.343 e. The van der Waals surface area contributed by atoms with Crippen molar-refractivity contribution in [2.45, 2.75) is 13.8 Å². The lowest BCUT2D eigenvalue weighted by molar-refractivity contribution is 0.610. The first-order valence-electron chi connectivity index (χ1n) is 7.52. The van der Waals surface area contributed by atoms with E-state index >= 15 is 0 Å². The minimum atomic E-state index is -0.278. The van der Waals surface area contributed by atoms with Crippen LogP contribution in [0.25, 0.3) is 32.9 Å². The van der Waals surface area contributed by atoms with Crippen LogP contribution in [0.15, 0.2) is 42.7 Å². The second-order valence-corrected chi connectivity index (χ2v) is 5.93. The van der Waals surface area contributed by atoms with Gasteiger partial charge in [-0.2, -0.15) is 0 Å². The van der Waals surface area contributed by atoms with Gasteiger partial charge < -0.3 is 4.57 Å². The number of aromatic nitrogens is 3. The Morgan fingerprint density at radius 1 is 0.870 bits per heavy atom. The number of hydrogen-bond acceptors (Lipinski definition) is 2. The third-order valence-corrected chi connectivity index (χ3v) is 4.39. The van der Waals surface area contributed by atoms with Crippen molar-refractivity contribution in [3.8, 4) is 11.1 Å². The zero-order chi connectivity index (χ0) is 16.1. The Hall–Kier alpha value is -2.75. The van der Waals surface area contributed by atoms with Crippen LogP contribution in [0.3, 0.4) is 0 Å². The topological polar surface area (TPSA) is 30.7 Å². The molecular weight excluding hydrogens is 289 g/mol. The summed E-state index contributed by atoms with van der Waals surface area (Å²) < 4.78 is 15.9. The molecule has 0 atom stereocenters. The van der Waals surface area contributed by atoms with Crippen LogP contribution >= 0.6 is 0 Å². The van der Waals surface area contributed by atoms with E-state index in [-0.39, 0.29) is 5.82 Å². The van der Waals surface area contributed by atoms with E-state index in [0.717, 1.165) is 38.6 Å². The Bertz CT molecular complexity index is 1060. The van der Waals surface area contributed by atoms with Gasteiger partial charge >= 0.3 is 0 Å². The molecule has 0 saturated heterocycles. The highest BCUT2D eigenvalue weighted by atomic mass is 19.1. The zero-order valence-corrected chi connectivity index (χ0v) is 13.3. The second-order valence-electron chi connectivity index (χ2n) is 5.93. The zero-order valence-electron chi connectivity index (χ0n) is 13.3. The van der Waals surface area contributed by atoms with Gasteiger partial charge in [0.2, 0.25) is 0 Å². The number of pyridine rings is 2. The number of nitrogens with zero attached hydrogens (tertiary/aromatic N) is 3. The van der Waals surface area contributed by atoms with Crippen LogP contribution in [-0.4, -0.2) is 14.5 Å². The first-order valence-corrected chi connectivity index (χ1v) is 7.52. The summed E-state index contributed by atoms with van der Waals surface area (Å²) in [6.07, 6.45) is 3.63. The van der Waals surface area contributed by atoms with Gasteiger partial charge in [-0.05, 0) is 37.6 Å². The summed E-state index contributed by atoms with van der Waals surface area (Å²) in [7, 11) is 2.04. The summed E-state index contributed by atoms with van der Waals surface area (Å²) >= 11 is 0. The number of hydrogen-bond donors (Lipinski definition) is 0. The van der Waals surface area contributed by atoms with E-state index in [2.05, 4.69) is 32.7 Å². The summed E-state index contributed by atoms with van der Waals surface area (Å²) in [6.45, 7) is 3.66. The van der Waals surface area contributed by atoms with Gasteiger partial charge in [0.15, 0.2) is 0 Å². The molecule has 3 heterocycles. The van der Waals surface area contributed by atoms with E-state index in [1.807, 2.05) is 26.2 Å². The van der Waals surface area contributed by atoms with Gasteiger partial charge in [-0.15, -0.1) is 0 Å². The number of benzene rings is 1. The highest BCUT2D eigenvalue weighted by Crippen LogP contribution is 2.31. The highest BCUT2D eigenvalue weighted by Gasteiger charge is 2.11. The maximum Gasteiger partial charge on any atom is 0.145 e. The van der Waals surface area contributed by atoms with Gasteiger partial charge in [-0.1, -0.05) is 12.1 Å². The SMILES string of the molecule is Cc1cc2c(cn1)c1ccc(-c3cnc(C)c(F)c3)cc1n2C. The Balaban J connectivity index is 1.99. The van der Waals surface area contributed by atoms with Crippen molar-refractivity contribution in [3.05, 3.63) is 59.9 Å². The van der Waals surface area contributed by atoms with E-state index < -0.39 is 0 Å². The van der Waals surface area contributed by atoms with Crippen LogP contribution in [0.4, 0.5) is 4.39 Å². The first-order chi connectivity index (χ1) is 11.0. The standard InChI is InChI=1S/C19H16FN3/c1-11-6-18-16(10-21-11)15-5-4-13(8-19(15)23(18)3)14-7-17(20)12(2)22-9-14/h4-10H,1-3H3. The lowest BCUT2D eigenvalue weighted by Gasteiger charge is -2.05. The molecule has 4 heteroatoms. The average molecular weight is 305 g/mol. The van der Waals surface area contributed by atoms with Crippen LogP contribution in [0, 0.1) is 19.7 Å². The van der Waals surface area contributed by atoms with E-state index in [4.69, 9.17) is 0 Å². The van der Waals surface area contributed by atoms with E-state index in [1.54, 1.807) is 13.1 Å². The van der Waals surface area contributed by atoms with Crippen LogP contribution < -0.4 is 0 Å². The van der Waals surface area contributed by atoms with Gasteiger partial charge in [0.1, 0.15) is 5.82 Å². The summed E-state index contributed by atoms with van der Waals surface area (Å²) in [5.74, 6) is -0.278. The number of rotatable bonds is 1. The number of halogens is 1. The van der Waals surface area contributed by atoms with Gasteiger partial charge in [0, 0.05) is 47.0 Å². The Morgan fingerprint density at radius 2 is 1.65 bits per heavy atom. The molecule has 0 unspecified atom stereocenters. The van der Waals surface area contributed by atoms with Crippen molar-refractivity contribution in [1.29, 1.82) is 0 Å². The van der Waals surface area contributed by atoms with Gasteiger partial charge in [-0.25, -0.2) is 4.39 Å². The van der Waals surface area contributed by atoms with E-state index in [1.165, 1.54) is 6.07 Å². The Kier molecular flexibility index (Phi) is 2.94. The van der Waals surface area contributed by atoms with Gasteiger partial charge in [-0.3, -0.25) is 9.97 Å². The van der Waals surface area contributed by atoms with Crippen LogP contribution in [0.1, 0.15) is 11.4 Å². The van der Waals surface area contributed by atoms with Crippen molar-refractivity contribution in [2.75, 3.05) is 0 Å². The summed E-state index contributed by atoms with van der Waals surface area (Å²) in [4.78, 5) is 8.52. The minimum absolute atomic E-state index is 0.278. The molecule has 114 valence electrons. The van der Waals surface area contributed by atoms with Crippen molar-refractivity contribution in [2.24, 2.45) is 7.05 Å². The third-order valence-electron chi connectivity index (χ3n) is 4.39. The molecule has 0 saturated carbocycles. The molecule has 0 amide bonds. The fraction of sp³-hybridized carbons (Fsp3) is 0.158. The normalized spacial score (nSPS) is 11.5. The van der Waals surface area contributed by atoms with Gasteiger partial charge in [0.05, 0.1) is 11.2 Å². The van der Waals surface area contributed by atoms with E-state index in [9.17, 15) is 4.39 Å². The summed E-state index contributed by atoms with van der Waals surface area (Å²) in [6, 6.07) is 9.78. The molecule has 4 rings (SSSR count). The molecule has 0 aliphatic rings. The molecule has 0 bridgehead atoms.